The maximum Gasteiger partial charge on any atom is 0.256 e. The number of hydrogen-bond donors (Lipinski definition) is 1. The Bertz CT molecular complexity index is 1010. The number of thiophene rings is 1. The SMILES string of the molecule is O=C(Nc1sccc1-c1nc2ccccc2s1)c1cccc(Cl)c1. The number of carbonyl (C=O) groups excluding carboxylic acids is 1. The number of hydrogen-bond acceptors (Lipinski definition) is 4. The lowest BCUT2D eigenvalue weighted by atomic mass is 10.2. The average Bonchev–Trinajstić information content (AvgIpc) is 3.20. The topological polar surface area (TPSA) is 42.0 Å². The lowest BCUT2D eigenvalue weighted by Gasteiger charge is -2.05. The first-order valence-electron chi connectivity index (χ1n) is 7.21. The van der Waals surface area contributed by atoms with Gasteiger partial charge in [0.05, 0.1) is 10.2 Å². The summed E-state index contributed by atoms with van der Waals surface area (Å²) < 4.78 is 1.13. The quantitative estimate of drug-likeness (QED) is 0.485. The van der Waals surface area contributed by atoms with Gasteiger partial charge in [-0.1, -0.05) is 29.8 Å². The van der Waals surface area contributed by atoms with Crippen molar-refractivity contribution in [3.63, 3.8) is 0 Å². The second-order valence-corrected chi connectivity index (χ2v) is 7.50. The first-order valence-corrected chi connectivity index (χ1v) is 9.28. The van der Waals surface area contributed by atoms with Crippen molar-refractivity contribution >= 4 is 55.4 Å². The minimum atomic E-state index is -0.178. The van der Waals surface area contributed by atoms with E-state index in [0.717, 1.165) is 25.8 Å². The Kier molecular flexibility index (Phi) is 4.06. The maximum absolute atomic E-state index is 12.4. The Morgan fingerprint density at radius 3 is 2.79 bits per heavy atom. The summed E-state index contributed by atoms with van der Waals surface area (Å²) in [7, 11) is 0. The number of thiazole rings is 1. The molecule has 1 amide bonds. The highest BCUT2D eigenvalue weighted by Gasteiger charge is 2.15. The Labute approximate surface area is 151 Å². The number of aromatic nitrogens is 1. The molecule has 0 aliphatic carbocycles. The molecule has 0 radical (unpaired) electrons. The molecule has 0 unspecified atom stereocenters. The van der Waals surface area contributed by atoms with Crippen LogP contribution < -0.4 is 5.32 Å². The van der Waals surface area contributed by atoms with Crippen LogP contribution >= 0.6 is 34.3 Å². The van der Waals surface area contributed by atoms with Crippen molar-refractivity contribution in [3.05, 3.63) is 70.6 Å². The zero-order valence-corrected chi connectivity index (χ0v) is 14.7. The van der Waals surface area contributed by atoms with Crippen LogP contribution in [-0.2, 0) is 0 Å². The number of para-hydroxylation sites is 1. The van der Waals surface area contributed by atoms with Crippen LogP contribution in [0.3, 0.4) is 0 Å². The number of rotatable bonds is 3. The molecule has 3 nitrogen and oxygen atoms in total. The summed E-state index contributed by atoms with van der Waals surface area (Å²) in [6.07, 6.45) is 0. The molecule has 2 aromatic heterocycles. The molecule has 0 atom stereocenters. The molecule has 0 aliphatic heterocycles. The number of nitrogens with zero attached hydrogens (tertiary/aromatic N) is 1. The van der Waals surface area contributed by atoms with Crippen LogP contribution in [0.25, 0.3) is 20.8 Å². The highest BCUT2D eigenvalue weighted by molar-refractivity contribution is 7.22. The molecular weight excluding hydrogens is 360 g/mol. The monoisotopic (exact) mass is 370 g/mol. The number of benzene rings is 2. The van der Waals surface area contributed by atoms with E-state index in [1.165, 1.54) is 11.3 Å². The molecule has 24 heavy (non-hydrogen) atoms. The third-order valence-electron chi connectivity index (χ3n) is 3.50. The van der Waals surface area contributed by atoms with Crippen molar-refractivity contribution in [2.45, 2.75) is 0 Å². The molecule has 118 valence electrons. The van der Waals surface area contributed by atoms with Crippen molar-refractivity contribution in [2.75, 3.05) is 5.32 Å². The summed E-state index contributed by atoms with van der Waals surface area (Å²) in [6.45, 7) is 0. The molecular formula is C18H11ClN2OS2. The van der Waals surface area contributed by atoms with Crippen molar-refractivity contribution in [1.82, 2.24) is 4.98 Å². The van der Waals surface area contributed by atoms with Crippen LogP contribution in [0.1, 0.15) is 10.4 Å². The molecule has 0 aliphatic rings. The second kappa shape index (κ2) is 6.36. The fourth-order valence-corrected chi connectivity index (χ4v) is 4.40. The largest absolute Gasteiger partial charge is 0.313 e. The third kappa shape index (κ3) is 2.94. The molecule has 6 heteroatoms. The zero-order valence-electron chi connectivity index (χ0n) is 12.3. The Morgan fingerprint density at radius 2 is 1.96 bits per heavy atom. The molecule has 2 aromatic carbocycles. The normalized spacial score (nSPS) is 10.9. The summed E-state index contributed by atoms with van der Waals surface area (Å²) in [5.41, 5.74) is 2.44. The van der Waals surface area contributed by atoms with Gasteiger partial charge < -0.3 is 5.32 Å². The fraction of sp³-hybridized carbons (Fsp3) is 0. The molecule has 2 heterocycles. The Hall–Kier alpha value is -2.21. The van der Waals surface area contributed by atoms with Crippen molar-refractivity contribution in [1.29, 1.82) is 0 Å². The zero-order chi connectivity index (χ0) is 16.5. The van der Waals surface area contributed by atoms with Gasteiger partial charge in [-0.25, -0.2) is 4.98 Å². The van der Waals surface area contributed by atoms with E-state index in [-0.39, 0.29) is 5.91 Å². The van der Waals surface area contributed by atoms with E-state index in [2.05, 4.69) is 10.3 Å². The van der Waals surface area contributed by atoms with Gasteiger partial charge in [0.1, 0.15) is 10.0 Å². The molecule has 1 N–H and O–H groups in total. The first-order chi connectivity index (χ1) is 11.7. The molecule has 0 saturated carbocycles. The van der Waals surface area contributed by atoms with Crippen LogP contribution in [0.4, 0.5) is 5.00 Å². The van der Waals surface area contributed by atoms with Gasteiger partial charge in [0.15, 0.2) is 0 Å². The van der Waals surface area contributed by atoms with E-state index >= 15 is 0 Å². The molecule has 0 bridgehead atoms. The number of fused-ring (bicyclic) bond motifs is 1. The molecule has 0 spiro atoms. The number of halogens is 1. The summed E-state index contributed by atoms with van der Waals surface area (Å²) in [4.78, 5) is 17.1. The van der Waals surface area contributed by atoms with E-state index in [1.54, 1.807) is 35.6 Å². The van der Waals surface area contributed by atoms with Crippen molar-refractivity contribution in [3.8, 4) is 10.6 Å². The minimum absolute atomic E-state index is 0.178. The summed E-state index contributed by atoms with van der Waals surface area (Å²) >= 11 is 9.06. The minimum Gasteiger partial charge on any atom is -0.313 e. The predicted octanol–water partition coefficient (Wildman–Crippen LogP) is 5.93. The molecule has 0 fully saturated rings. The van der Waals surface area contributed by atoms with Gasteiger partial charge in [0.25, 0.3) is 5.91 Å². The van der Waals surface area contributed by atoms with Crippen LogP contribution in [-0.4, -0.2) is 10.9 Å². The van der Waals surface area contributed by atoms with Crippen LogP contribution in [0.5, 0.6) is 0 Å². The summed E-state index contributed by atoms with van der Waals surface area (Å²) in [5, 5.41) is 7.15. The van der Waals surface area contributed by atoms with Gasteiger partial charge in [-0.2, -0.15) is 0 Å². The van der Waals surface area contributed by atoms with E-state index < -0.39 is 0 Å². The number of anilines is 1. The predicted molar refractivity (Wildman–Crippen MR) is 102 cm³/mol. The summed E-state index contributed by atoms with van der Waals surface area (Å²) in [6, 6.07) is 16.9. The Morgan fingerprint density at radius 1 is 1.08 bits per heavy atom. The lowest BCUT2D eigenvalue weighted by Crippen LogP contribution is -2.11. The summed E-state index contributed by atoms with van der Waals surface area (Å²) in [5.74, 6) is -0.178. The molecule has 4 rings (SSSR count). The second-order valence-electron chi connectivity index (χ2n) is 5.11. The highest BCUT2D eigenvalue weighted by Crippen LogP contribution is 2.37. The standard InChI is InChI=1S/C18H11ClN2OS2/c19-12-5-3-4-11(10-12)16(22)21-17-13(8-9-23-17)18-20-14-6-1-2-7-15(14)24-18/h1-10H,(H,21,22). The average molecular weight is 371 g/mol. The van der Waals surface area contributed by atoms with Gasteiger partial charge in [0.2, 0.25) is 0 Å². The van der Waals surface area contributed by atoms with Gasteiger partial charge in [-0.15, -0.1) is 22.7 Å². The third-order valence-corrected chi connectivity index (χ3v) is 5.64. The van der Waals surface area contributed by atoms with Crippen molar-refractivity contribution in [2.24, 2.45) is 0 Å². The number of amides is 1. The number of nitrogens with one attached hydrogen (secondary N) is 1. The van der Waals surface area contributed by atoms with Gasteiger partial charge >= 0.3 is 0 Å². The Balaban J connectivity index is 1.66. The van der Waals surface area contributed by atoms with E-state index in [1.807, 2.05) is 35.7 Å². The number of carbonyl (C=O) groups is 1. The highest BCUT2D eigenvalue weighted by atomic mass is 35.5. The van der Waals surface area contributed by atoms with Crippen LogP contribution in [0, 0.1) is 0 Å². The van der Waals surface area contributed by atoms with E-state index in [9.17, 15) is 4.79 Å². The van der Waals surface area contributed by atoms with Crippen molar-refractivity contribution < 1.29 is 4.79 Å². The fourth-order valence-electron chi connectivity index (χ4n) is 2.37. The van der Waals surface area contributed by atoms with Crippen LogP contribution in [0.15, 0.2) is 60.0 Å². The lowest BCUT2D eigenvalue weighted by molar-refractivity contribution is 0.102. The van der Waals surface area contributed by atoms with E-state index in [0.29, 0.717) is 10.6 Å². The van der Waals surface area contributed by atoms with Gasteiger partial charge in [-0.05, 0) is 41.8 Å². The van der Waals surface area contributed by atoms with E-state index in [4.69, 9.17) is 11.6 Å². The van der Waals surface area contributed by atoms with Gasteiger partial charge in [0, 0.05) is 16.1 Å². The maximum atomic E-state index is 12.4. The molecule has 4 aromatic rings. The smallest absolute Gasteiger partial charge is 0.256 e. The molecule has 0 saturated heterocycles. The first kappa shape index (κ1) is 15.3. The van der Waals surface area contributed by atoms with Gasteiger partial charge in [-0.3, -0.25) is 4.79 Å². The van der Waals surface area contributed by atoms with Crippen LogP contribution in [0.2, 0.25) is 5.02 Å².